The summed E-state index contributed by atoms with van der Waals surface area (Å²) in [5.41, 5.74) is 1.20. The van der Waals surface area contributed by atoms with Gasteiger partial charge in [0.1, 0.15) is 0 Å². The molecule has 1 aromatic heterocycles. The Balaban J connectivity index is 1.48. The summed E-state index contributed by atoms with van der Waals surface area (Å²) in [6.07, 6.45) is 1.57. The normalized spacial score (nSPS) is 15.0. The number of anilines is 1. The number of nitrogens with one attached hydrogen (secondary N) is 1. The Hall–Kier alpha value is -2.44. The Bertz CT molecular complexity index is 746. The number of halogens is 1. The molecule has 1 aromatic carbocycles. The van der Waals surface area contributed by atoms with Gasteiger partial charge in [-0.15, -0.1) is 0 Å². The van der Waals surface area contributed by atoms with Crippen molar-refractivity contribution < 1.29 is 9.59 Å². The largest absolute Gasteiger partial charge is 0.336 e. The van der Waals surface area contributed by atoms with Crippen molar-refractivity contribution >= 4 is 29.1 Å². The molecular formula is C18H19ClN4O2. The number of hydrogen-bond acceptors (Lipinski definition) is 4. The SMILES string of the molecule is O=C(CN1CCN(C(=O)c2ccccc2)CC1)Nc1cccnc1Cl. The first-order valence-electron chi connectivity index (χ1n) is 8.10. The molecule has 1 N–H and O–H groups in total. The summed E-state index contributed by atoms with van der Waals surface area (Å²) in [6, 6.07) is 12.7. The summed E-state index contributed by atoms with van der Waals surface area (Å²) in [5, 5.41) is 3.03. The number of aromatic nitrogens is 1. The molecule has 1 saturated heterocycles. The lowest BCUT2D eigenvalue weighted by atomic mass is 10.2. The van der Waals surface area contributed by atoms with Gasteiger partial charge in [0, 0.05) is 37.9 Å². The minimum absolute atomic E-state index is 0.0341. The third-order valence-electron chi connectivity index (χ3n) is 4.08. The molecule has 0 unspecified atom stereocenters. The van der Waals surface area contributed by atoms with E-state index in [1.165, 1.54) is 0 Å². The highest BCUT2D eigenvalue weighted by Gasteiger charge is 2.23. The second-order valence-corrected chi connectivity index (χ2v) is 6.18. The fraction of sp³-hybridized carbons (Fsp3) is 0.278. The molecule has 0 bridgehead atoms. The number of pyridine rings is 1. The summed E-state index contributed by atoms with van der Waals surface area (Å²) in [5.74, 6) is -0.107. The molecule has 3 rings (SSSR count). The van der Waals surface area contributed by atoms with E-state index < -0.39 is 0 Å². The molecule has 2 heterocycles. The molecular weight excluding hydrogens is 340 g/mol. The second kappa shape index (κ2) is 8.09. The zero-order valence-electron chi connectivity index (χ0n) is 13.7. The molecule has 1 fully saturated rings. The van der Waals surface area contributed by atoms with Gasteiger partial charge in [-0.1, -0.05) is 29.8 Å². The van der Waals surface area contributed by atoms with E-state index in [0.717, 1.165) is 0 Å². The van der Waals surface area contributed by atoms with Crippen molar-refractivity contribution in [1.29, 1.82) is 0 Å². The van der Waals surface area contributed by atoms with E-state index in [0.29, 0.717) is 37.4 Å². The fourth-order valence-electron chi connectivity index (χ4n) is 2.74. The standard InChI is InChI=1S/C18H19ClN4O2/c19-17-15(7-4-8-20-17)21-16(24)13-22-9-11-23(12-10-22)18(25)14-5-2-1-3-6-14/h1-8H,9-13H2,(H,21,24). The van der Waals surface area contributed by atoms with Gasteiger partial charge in [-0.2, -0.15) is 0 Å². The molecule has 6 nitrogen and oxygen atoms in total. The number of piperazine rings is 1. The molecule has 0 atom stereocenters. The van der Waals surface area contributed by atoms with Crippen LogP contribution in [0.2, 0.25) is 5.15 Å². The van der Waals surface area contributed by atoms with Crippen molar-refractivity contribution in [2.45, 2.75) is 0 Å². The Labute approximate surface area is 151 Å². The highest BCUT2D eigenvalue weighted by atomic mass is 35.5. The Morgan fingerprint density at radius 2 is 1.76 bits per heavy atom. The van der Waals surface area contributed by atoms with E-state index in [9.17, 15) is 9.59 Å². The quantitative estimate of drug-likeness (QED) is 0.850. The number of amides is 2. The summed E-state index contributed by atoms with van der Waals surface area (Å²) in [7, 11) is 0. The predicted molar refractivity (Wildman–Crippen MR) is 96.7 cm³/mol. The van der Waals surface area contributed by atoms with Gasteiger partial charge in [-0.3, -0.25) is 14.5 Å². The lowest BCUT2D eigenvalue weighted by molar-refractivity contribution is -0.117. The third-order valence-corrected chi connectivity index (χ3v) is 4.38. The first-order valence-corrected chi connectivity index (χ1v) is 8.48. The van der Waals surface area contributed by atoms with Crippen LogP contribution < -0.4 is 5.32 Å². The minimum atomic E-state index is -0.141. The van der Waals surface area contributed by atoms with Gasteiger partial charge < -0.3 is 10.2 Å². The van der Waals surface area contributed by atoms with Crippen molar-refractivity contribution in [3.8, 4) is 0 Å². The number of carbonyl (C=O) groups is 2. The third kappa shape index (κ3) is 4.55. The zero-order chi connectivity index (χ0) is 17.6. The van der Waals surface area contributed by atoms with Crippen LogP contribution in [0.4, 0.5) is 5.69 Å². The minimum Gasteiger partial charge on any atom is -0.336 e. The monoisotopic (exact) mass is 358 g/mol. The highest BCUT2D eigenvalue weighted by molar-refractivity contribution is 6.32. The number of benzene rings is 1. The van der Waals surface area contributed by atoms with E-state index in [1.54, 1.807) is 18.3 Å². The van der Waals surface area contributed by atoms with Gasteiger partial charge >= 0.3 is 0 Å². The maximum atomic E-state index is 12.4. The van der Waals surface area contributed by atoms with Crippen LogP contribution in [-0.4, -0.2) is 59.3 Å². The Morgan fingerprint density at radius 1 is 1.04 bits per heavy atom. The van der Waals surface area contributed by atoms with Gasteiger partial charge in [0.2, 0.25) is 5.91 Å². The average Bonchev–Trinajstić information content (AvgIpc) is 2.64. The zero-order valence-corrected chi connectivity index (χ0v) is 14.4. The Morgan fingerprint density at radius 3 is 2.44 bits per heavy atom. The summed E-state index contributed by atoms with van der Waals surface area (Å²) >= 11 is 5.94. The molecule has 0 radical (unpaired) electrons. The van der Waals surface area contributed by atoms with E-state index in [4.69, 9.17) is 11.6 Å². The van der Waals surface area contributed by atoms with E-state index in [-0.39, 0.29) is 23.5 Å². The first-order chi connectivity index (χ1) is 12.1. The lowest BCUT2D eigenvalue weighted by Gasteiger charge is -2.34. The molecule has 25 heavy (non-hydrogen) atoms. The second-order valence-electron chi connectivity index (χ2n) is 5.82. The molecule has 0 aliphatic carbocycles. The van der Waals surface area contributed by atoms with Crippen molar-refractivity contribution in [1.82, 2.24) is 14.8 Å². The summed E-state index contributed by atoms with van der Waals surface area (Å²) in [6.45, 7) is 2.79. The van der Waals surface area contributed by atoms with E-state index in [2.05, 4.69) is 10.3 Å². The van der Waals surface area contributed by atoms with Crippen LogP contribution in [0.3, 0.4) is 0 Å². The van der Waals surface area contributed by atoms with E-state index in [1.807, 2.05) is 40.1 Å². The van der Waals surface area contributed by atoms with Gasteiger partial charge in [-0.25, -0.2) is 4.98 Å². The van der Waals surface area contributed by atoms with Crippen molar-refractivity contribution in [2.75, 3.05) is 38.0 Å². The smallest absolute Gasteiger partial charge is 0.253 e. The van der Waals surface area contributed by atoms with Gasteiger partial charge in [0.05, 0.1) is 12.2 Å². The lowest BCUT2D eigenvalue weighted by Crippen LogP contribution is -2.50. The Kier molecular flexibility index (Phi) is 5.63. The number of carbonyl (C=O) groups excluding carboxylic acids is 2. The van der Waals surface area contributed by atoms with Crippen molar-refractivity contribution in [3.63, 3.8) is 0 Å². The first kappa shape index (κ1) is 17.4. The fourth-order valence-corrected chi connectivity index (χ4v) is 2.91. The van der Waals surface area contributed by atoms with Gasteiger partial charge in [-0.05, 0) is 24.3 Å². The van der Waals surface area contributed by atoms with Gasteiger partial charge in [0.15, 0.2) is 5.15 Å². The molecule has 2 amide bonds. The van der Waals surface area contributed by atoms with Gasteiger partial charge in [0.25, 0.3) is 5.91 Å². The number of rotatable bonds is 4. The highest BCUT2D eigenvalue weighted by Crippen LogP contribution is 2.17. The average molecular weight is 359 g/mol. The molecule has 7 heteroatoms. The van der Waals surface area contributed by atoms with Crippen LogP contribution in [0.25, 0.3) is 0 Å². The molecule has 0 saturated carbocycles. The summed E-state index contributed by atoms with van der Waals surface area (Å²) < 4.78 is 0. The maximum absolute atomic E-state index is 12.4. The van der Waals surface area contributed by atoms with Crippen molar-refractivity contribution in [3.05, 3.63) is 59.4 Å². The molecule has 1 aliphatic heterocycles. The molecule has 130 valence electrons. The number of hydrogen-bond donors (Lipinski definition) is 1. The van der Waals surface area contributed by atoms with Crippen LogP contribution in [0.1, 0.15) is 10.4 Å². The molecule has 2 aromatic rings. The topological polar surface area (TPSA) is 65.5 Å². The molecule has 1 aliphatic rings. The predicted octanol–water partition coefficient (Wildman–Crippen LogP) is 2.13. The number of nitrogens with zero attached hydrogens (tertiary/aromatic N) is 3. The maximum Gasteiger partial charge on any atom is 0.253 e. The summed E-state index contributed by atoms with van der Waals surface area (Å²) in [4.78, 5) is 32.3. The van der Waals surface area contributed by atoms with E-state index >= 15 is 0 Å². The van der Waals surface area contributed by atoms with Crippen LogP contribution in [0, 0.1) is 0 Å². The van der Waals surface area contributed by atoms with Crippen LogP contribution in [-0.2, 0) is 4.79 Å². The van der Waals surface area contributed by atoms with Crippen LogP contribution in [0.15, 0.2) is 48.7 Å². The van der Waals surface area contributed by atoms with Crippen molar-refractivity contribution in [2.24, 2.45) is 0 Å². The van der Waals surface area contributed by atoms with Crippen LogP contribution >= 0.6 is 11.6 Å². The van der Waals surface area contributed by atoms with Crippen LogP contribution in [0.5, 0.6) is 0 Å². The molecule has 0 spiro atoms.